The summed E-state index contributed by atoms with van der Waals surface area (Å²) in [6, 6.07) is 17.7. The lowest BCUT2D eigenvalue weighted by atomic mass is 9.81. The molecule has 0 unspecified atom stereocenters. The maximum atomic E-state index is 12.8. The lowest BCUT2D eigenvalue weighted by Gasteiger charge is -2.38. The van der Waals surface area contributed by atoms with E-state index in [0.717, 1.165) is 28.3 Å². The third-order valence-corrected chi connectivity index (χ3v) is 6.89. The predicted octanol–water partition coefficient (Wildman–Crippen LogP) is 6.25. The van der Waals surface area contributed by atoms with Crippen molar-refractivity contribution in [3.05, 3.63) is 71.6 Å². The summed E-state index contributed by atoms with van der Waals surface area (Å²) < 4.78 is 22.9. The van der Waals surface area contributed by atoms with E-state index in [4.69, 9.17) is 18.6 Å². The molecule has 1 saturated heterocycles. The highest BCUT2D eigenvalue weighted by Crippen LogP contribution is 2.30. The first-order valence-corrected chi connectivity index (χ1v) is 14.0. The molecule has 2 atom stereocenters. The molecule has 0 N–H and O–H groups in total. The molecule has 0 aliphatic carbocycles. The van der Waals surface area contributed by atoms with E-state index >= 15 is 0 Å². The minimum Gasteiger partial charge on any atom is -0.493 e. The summed E-state index contributed by atoms with van der Waals surface area (Å²) in [6.45, 7) is 11.0. The van der Waals surface area contributed by atoms with Crippen LogP contribution in [0.15, 0.2) is 59.0 Å². The summed E-state index contributed by atoms with van der Waals surface area (Å²) in [7, 11) is 0. The second-order valence-electron chi connectivity index (χ2n) is 11.2. The van der Waals surface area contributed by atoms with Gasteiger partial charge in [-0.15, -0.1) is 0 Å². The smallest absolute Gasteiger partial charge is 0.410 e. The quantitative estimate of drug-likeness (QED) is 0.292. The number of amides is 1. The highest BCUT2D eigenvalue weighted by Gasteiger charge is 2.38. The highest BCUT2D eigenvalue weighted by molar-refractivity contribution is 5.74. The Bertz CT molecular complexity index is 1280. The van der Waals surface area contributed by atoms with E-state index in [0.29, 0.717) is 51.5 Å². The van der Waals surface area contributed by atoms with Crippen LogP contribution in [0.1, 0.15) is 51.1 Å². The Morgan fingerprint density at radius 1 is 1.10 bits per heavy atom. The molecule has 0 bridgehead atoms. The third-order valence-electron chi connectivity index (χ3n) is 6.89. The second kappa shape index (κ2) is 13.0. The van der Waals surface area contributed by atoms with Gasteiger partial charge in [0.1, 0.15) is 17.1 Å². The Hall–Kier alpha value is -3.81. The number of aryl methyl sites for hydroxylation is 1. The zero-order valence-electron chi connectivity index (χ0n) is 24.1. The summed E-state index contributed by atoms with van der Waals surface area (Å²) in [5, 5.41) is 0. The fraction of sp³-hybridized carbons (Fsp3) is 0.469. The fourth-order valence-electron chi connectivity index (χ4n) is 4.99. The Morgan fingerprint density at radius 2 is 1.88 bits per heavy atom. The third kappa shape index (κ3) is 7.87. The first-order chi connectivity index (χ1) is 19.1. The monoisotopic (exact) mass is 548 g/mol. The van der Waals surface area contributed by atoms with Crippen molar-refractivity contribution in [3.63, 3.8) is 0 Å². The second-order valence-corrected chi connectivity index (χ2v) is 11.2. The van der Waals surface area contributed by atoms with Crippen molar-refractivity contribution in [2.75, 3.05) is 26.3 Å². The van der Waals surface area contributed by atoms with Crippen molar-refractivity contribution in [3.8, 4) is 17.2 Å². The number of hydrogen-bond donors (Lipinski definition) is 0. The van der Waals surface area contributed by atoms with Crippen LogP contribution < -0.4 is 4.74 Å². The van der Waals surface area contributed by atoms with Gasteiger partial charge in [0.05, 0.1) is 24.8 Å². The zero-order valence-corrected chi connectivity index (χ0v) is 24.1. The Kier molecular flexibility index (Phi) is 9.50. The molecule has 0 spiro atoms. The minimum absolute atomic E-state index is 0.0928. The number of likely N-dealkylation sites (tertiary alicyclic amines) is 1. The molecule has 8 nitrogen and oxygen atoms in total. The molecule has 4 rings (SSSR count). The fourth-order valence-corrected chi connectivity index (χ4v) is 4.99. The molecule has 1 aliphatic rings. The van der Waals surface area contributed by atoms with Gasteiger partial charge < -0.3 is 23.5 Å². The topological polar surface area (TPSA) is 91.1 Å². The molecule has 2 heterocycles. The van der Waals surface area contributed by atoms with Crippen molar-refractivity contribution in [2.24, 2.45) is 11.8 Å². The average molecular weight is 549 g/mol. The first kappa shape index (κ1) is 29.2. The molecule has 1 fully saturated rings. The van der Waals surface area contributed by atoms with Crippen LogP contribution in [0, 0.1) is 18.8 Å². The molecule has 0 saturated carbocycles. The zero-order chi connectivity index (χ0) is 28.7. The number of aromatic nitrogens is 1. The lowest BCUT2D eigenvalue weighted by molar-refractivity contribution is -0.152. The van der Waals surface area contributed by atoms with Crippen LogP contribution in [0.5, 0.6) is 5.75 Å². The van der Waals surface area contributed by atoms with E-state index in [1.165, 1.54) is 0 Å². The number of carbonyl (C=O) groups excluding carboxylic acids is 2. The van der Waals surface area contributed by atoms with Crippen molar-refractivity contribution in [1.29, 1.82) is 0 Å². The van der Waals surface area contributed by atoms with Gasteiger partial charge >= 0.3 is 12.1 Å². The van der Waals surface area contributed by atoms with Crippen LogP contribution in [0.2, 0.25) is 0 Å². The molecular formula is C32H40N2O6. The minimum atomic E-state index is -0.579. The van der Waals surface area contributed by atoms with E-state index in [9.17, 15) is 9.59 Å². The molecule has 1 aromatic heterocycles. The predicted molar refractivity (Wildman–Crippen MR) is 152 cm³/mol. The van der Waals surface area contributed by atoms with Gasteiger partial charge in [0.2, 0.25) is 5.89 Å². The van der Waals surface area contributed by atoms with Gasteiger partial charge in [-0.05, 0) is 83.2 Å². The number of carbonyl (C=O) groups is 2. The maximum absolute atomic E-state index is 12.8. The van der Waals surface area contributed by atoms with Crippen LogP contribution >= 0.6 is 0 Å². The van der Waals surface area contributed by atoms with E-state index in [2.05, 4.69) is 4.98 Å². The Morgan fingerprint density at radius 3 is 2.60 bits per heavy atom. The number of hydrogen-bond acceptors (Lipinski definition) is 7. The van der Waals surface area contributed by atoms with Crippen LogP contribution in [0.25, 0.3) is 11.5 Å². The molecule has 1 amide bonds. The largest absolute Gasteiger partial charge is 0.493 e. The molecule has 3 aromatic rings. The summed E-state index contributed by atoms with van der Waals surface area (Å²) in [4.78, 5) is 31.9. The SMILES string of the molecule is CCOC(=O)[C@H]1CCN(C(=O)OC(C)(C)C)C[C@H]1Cc1cccc(OCCc2nc(-c3ccccc3)oc2C)c1. The van der Waals surface area contributed by atoms with E-state index in [-0.39, 0.29) is 23.9 Å². The van der Waals surface area contributed by atoms with E-state index < -0.39 is 5.60 Å². The van der Waals surface area contributed by atoms with Crippen LogP contribution in [-0.2, 0) is 27.1 Å². The number of ether oxygens (including phenoxy) is 3. The molecule has 214 valence electrons. The lowest BCUT2D eigenvalue weighted by Crippen LogP contribution is -2.48. The van der Waals surface area contributed by atoms with E-state index in [1.807, 2.05) is 89.2 Å². The number of benzene rings is 2. The summed E-state index contributed by atoms with van der Waals surface area (Å²) in [6.07, 6.45) is 1.42. The number of piperidine rings is 1. The maximum Gasteiger partial charge on any atom is 0.410 e. The standard InChI is InChI=1S/C32H40N2O6/c1-6-37-30(35)27-15-17-34(31(36)40-32(3,4)5)21-25(27)19-23-11-10-14-26(20-23)38-18-16-28-22(2)39-29(33-28)24-12-8-7-9-13-24/h7-14,20,25,27H,6,15-19,21H2,1-5H3/t25-,27+/m1/s1. The van der Waals surface area contributed by atoms with Gasteiger partial charge in [-0.2, -0.15) is 0 Å². The molecule has 2 aromatic carbocycles. The summed E-state index contributed by atoms with van der Waals surface area (Å²) in [5.74, 6) is 1.56. The number of rotatable bonds is 9. The van der Waals surface area contributed by atoms with Gasteiger partial charge in [0.15, 0.2) is 0 Å². The molecule has 8 heteroatoms. The molecule has 40 heavy (non-hydrogen) atoms. The van der Waals surface area contributed by atoms with Gasteiger partial charge in [0, 0.05) is 25.1 Å². The van der Waals surface area contributed by atoms with Gasteiger partial charge in [-0.3, -0.25) is 4.79 Å². The van der Waals surface area contributed by atoms with Crippen LogP contribution in [0.3, 0.4) is 0 Å². The summed E-state index contributed by atoms with van der Waals surface area (Å²) >= 11 is 0. The molecule has 1 aliphatic heterocycles. The van der Waals surface area contributed by atoms with Crippen LogP contribution in [-0.4, -0.2) is 53.9 Å². The molecular weight excluding hydrogens is 508 g/mol. The number of nitrogens with zero attached hydrogens (tertiary/aromatic N) is 2. The van der Waals surface area contributed by atoms with Crippen molar-refractivity contribution in [2.45, 2.75) is 59.5 Å². The number of esters is 1. The van der Waals surface area contributed by atoms with Crippen molar-refractivity contribution in [1.82, 2.24) is 9.88 Å². The Labute approximate surface area is 236 Å². The van der Waals surface area contributed by atoms with Crippen molar-refractivity contribution >= 4 is 12.1 Å². The van der Waals surface area contributed by atoms with Crippen LogP contribution in [0.4, 0.5) is 4.79 Å². The highest BCUT2D eigenvalue weighted by atomic mass is 16.6. The Balaban J connectivity index is 1.39. The van der Waals surface area contributed by atoms with E-state index in [1.54, 1.807) is 4.90 Å². The number of oxazole rings is 1. The molecule has 0 radical (unpaired) electrons. The van der Waals surface area contributed by atoms with Crippen molar-refractivity contribution < 1.29 is 28.2 Å². The van der Waals surface area contributed by atoms with Gasteiger partial charge in [-0.25, -0.2) is 9.78 Å². The first-order valence-electron chi connectivity index (χ1n) is 14.0. The average Bonchev–Trinajstić information content (AvgIpc) is 3.29. The van der Waals surface area contributed by atoms with Gasteiger partial charge in [-0.1, -0.05) is 30.3 Å². The normalized spacial score (nSPS) is 17.4. The van der Waals surface area contributed by atoms with Gasteiger partial charge in [0.25, 0.3) is 0 Å². The summed E-state index contributed by atoms with van der Waals surface area (Å²) in [5.41, 5.74) is 2.27.